The molecule has 0 unspecified atom stereocenters. The lowest BCUT2D eigenvalue weighted by molar-refractivity contribution is 1.12. The molecule has 0 aliphatic heterocycles. The molecular weight excluding hydrogens is 148 g/mol. The van der Waals surface area contributed by atoms with E-state index in [4.69, 9.17) is 0 Å². The number of rotatable bonds is 1. The van der Waals surface area contributed by atoms with Crippen molar-refractivity contribution in [2.75, 3.05) is 0 Å². The van der Waals surface area contributed by atoms with Crippen LogP contribution in [0.1, 0.15) is 6.92 Å². The molecule has 60 valence electrons. The Hall–Kier alpha value is -1.57. The molecule has 0 saturated heterocycles. The molecule has 0 saturated carbocycles. The molecule has 0 aliphatic carbocycles. The van der Waals surface area contributed by atoms with E-state index < -0.39 is 0 Å². The van der Waals surface area contributed by atoms with Gasteiger partial charge < -0.3 is 4.57 Å². The van der Waals surface area contributed by atoms with Crippen molar-refractivity contribution in [3.63, 3.8) is 0 Å². The molecule has 2 heterocycles. The van der Waals surface area contributed by atoms with Crippen LogP contribution >= 0.6 is 0 Å². The first-order chi connectivity index (χ1) is 5.79. The minimum Gasteiger partial charge on any atom is -0.306 e. The Morgan fingerprint density at radius 1 is 1.50 bits per heavy atom. The molecule has 12 heavy (non-hydrogen) atoms. The third-order valence-corrected chi connectivity index (χ3v) is 1.86. The molecule has 0 spiro atoms. The van der Waals surface area contributed by atoms with Crippen molar-refractivity contribution < 1.29 is 0 Å². The summed E-state index contributed by atoms with van der Waals surface area (Å²) in [5.74, 6) is 0. The average Bonchev–Trinajstić information content (AvgIpc) is 2.47. The van der Waals surface area contributed by atoms with Crippen LogP contribution in [0.4, 0.5) is 0 Å². The molecule has 2 aromatic heterocycles. The minimum absolute atomic E-state index is 0.977. The molecule has 0 bridgehead atoms. The number of allylic oxidation sites excluding steroid dienone is 1. The fourth-order valence-electron chi connectivity index (χ4n) is 1.27. The summed E-state index contributed by atoms with van der Waals surface area (Å²) in [4.78, 5) is 4.26. The van der Waals surface area contributed by atoms with E-state index in [1.807, 2.05) is 35.9 Å². The number of aromatic nitrogens is 2. The highest BCUT2D eigenvalue weighted by Gasteiger charge is 1.99. The fourth-order valence-corrected chi connectivity index (χ4v) is 1.27. The zero-order chi connectivity index (χ0) is 8.55. The Kier molecular flexibility index (Phi) is 1.47. The molecule has 0 atom stereocenters. The molecule has 2 nitrogen and oxygen atoms in total. The predicted molar refractivity (Wildman–Crippen MR) is 50.7 cm³/mol. The van der Waals surface area contributed by atoms with Crippen LogP contribution in [0.2, 0.25) is 0 Å². The molecule has 0 aliphatic rings. The Morgan fingerprint density at radius 3 is 3.08 bits per heavy atom. The summed E-state index contributed by atoms with van der Waals surface area (Å²) in [5, 5.41) is 1.15. The van der Waals surface area contributed by atoms with Gasteiger partial charge in [-0.3, -0.25) is 0 Å². The summed E-state index contributed by atoms with van der Waals surface area (Å²) < 4.78 is 1.98. The van der Waals surface area contributed by atoms with Crippen LogP contribution in [0, 0.1) is 0 Å². The summed E-state index contributed by atoms with van der Waals surface area (Å²) >= 11 is 0. The van der Waals surface area contributed by atoms with E-state index in [1.54, 1.807) is 6.20 Å². The maximum atomic E-state index is 4.26. The highest BCUT2D eigenvalue weighted by molar-refractivity contribution is 5.78. The van der Waals surface area contributed by atoms with Gasteiger partial charge in [-0.1, -0.05) is 6.58 Å². The van der Waals surface area contributed by atoms with E-state index >= 15 is 0 Å². The van der Waals surface area contributed by atoms with Gasteiger partial charge in [0, 0.05) is 23.5 Å². The Bertz CT molecular complexity index is 426. The van der Waals surface area contributed by atoms with Crippen molar-refractivity contribution >= 4 is 16.7 Å². The second kappa shape index (κ2) is 2.48. The molecule has 2 heteroatoms. The van der Waals surface area contributed by atoms with Gasteiger partial charge in [0.05, 0.1) is 0 Å². The van der Waals surface area contributed by atoms with Crippen molar-refractivity contribution in [1.29, 1.82) is 0 Å². The third-order valence-electron chi connectivity index (χ3n) is 1.86. The predicted octanol–water partition coefficient (Wildman–Crippen LogP) is 2.53. The van der Waals surface area contributed by atoms with E-state index in [0.29, 0.717) is 0 Å². The summed E-state index contributed by atoms with van der Waals surface area (Å²) in [6.45, 7) is 5.84. The summed E-state index contributed by atoms with van der Waals surface area (Å²) in [5.41, 5.74) is 1.97. The van der Waals surface area contributed by atoms with Crippen LogP contribution in [0.3, 0.4) is 0 Å². The quantitative estimate of drug-likeness (QED) is 0.623. The standard InChI is InChI=1S/C10H10N2/c1-8(2)12-7-5-9-4-3-6-11-10(9)12/h3-7H,1H2,2H3. The first-order valence-electron chi connectivity index (χ1n) is 3.87. The normalized spacial score (nSPS) is 10.4. The van der Waals surface area contributed by atoms with Gasteiger partial charge in [-0.05, 0) is 25.1 Å². The first kappa shape index (κ1) is 7.10. The SMILES string of the molecule is C=C(C)n1ccc2cccnc21. The molecular formula is C10H10N2. The number of pyridine rings is 1. The lowest BCUT2D eigenvalue weighted by Gasteiger charge is -2.00. The van der Waals surface area contributed by atoms with Gasteiger partial charge in [0.2, 0.25) is 0 Å². The van der Waals surface area contributed by atoms with Crippen molar-refractivity contribution in [2.24, 2.45) is 0 Å². The monoisotopic (exact) mass is 158 g/mol. The number of nitrogens with zero attached hydrogens (tertiary/aromatic N) is 2. The van der Waals surface area contributed by atoms with Crippen molar-refractivity contribution in [3.8, 4) is 0 Å². The second-order valence-electron chi connectivity index (χ2n) is 2.84. The van der Waals surface area contributed by atoms with Crippen molar-refractivity contribution in [3.05, 3.63) is 37.2 Å². The highest BCUT2D eigenvalue weighted by atomic mass is 15.0. The van der Waals surface area contributed by atoms with Gasteiger partial charge in [-0.15, -0.1) is 0 Å². The maximum absolute atomic E-state index is 4.26. The van der Waals surface area contributed by atoms with E-state index in [1.165, 1.54) is 0 Å². The Labute approximate surface area is 71.2 Å². The van der Waals surface area contributed by atoms with Crippen molar-refractivity contribution in [2.45, 2.75) is 6.92 Å². The number of hydrogen-bond acceptors (Lipinski definition) is 1. The zero-order valence-corrected chi connectivity index (χ0v) is 6.99. The van der Waals surface area contributed by atoms with Gasteiger partial charge in [0.25, 0.3) is 0 Å². The zero-order valence-electron chi connectivity index (χ0n) is 6.99. The van der Waals surface area contributed by atoms with Crippen LogP contribution in [0.5, 0.6) is 0 Å². The molecule has 0 amide bonds. The fraction of sp³-hybridized carbons (Fsp3) is 0.100. The molecule has 0 N–H and O–H groups in total. The molecule has 2 aromatic rings. The third kappa shape index (κ3) is 0.925. The van der Waals surface area contributed by atoms with Gasteiger partial charge in [0.1, 0.15) is 5.65 Å². The first-order valence-corrected chi connectivity index (χ1v) is 3.87. The Balaban J connectivity index is 2.79. The summed E-state index contributed by atoms with van der Waals surface area (Å²) in [6.07, 6.45) is 3.78. The van der Waals surface area contributed by atoms with E-state index in [0.717, 1.165) is 16.7 Å². The smallest absolute Gasteiger partial charge is 0.144 e. The number of fused-ring (bicyclic) bond motifs is 1. The molecule has 0 aromatic carbocycles. The minimum atomic E-state index is 0.977. The summed E-state index contributed by atoms with van der Waals surface area (Å²) in [7, 11) is 0. The van der Waals surface area contributed by atoms with E-state index in [9.17, 15) is 0 Å². The van der Waals surface area contributed by atoms with Crippen LogP contribution in [0.25, 0.3) is 16.7 Å². The van der Waals surface area contributed by atoms with E-state index in [2.05, 4.69) is 11.6 Å². The largest absolute Gasteiger partial charge is 0.306 e. The van der Waals surface area contributed by atoms with Gasteiger partial charge in [0.15, 0.2) is 0 Å². The lowest BCUT2D eigenvalue weighted by atomic mass is 10.3. The van der Waals surface area contributed by atoms with Crippen LogP contribution in [0.15, 0.2) is 37.2 Å². The lowest BCUT2D eigenvalue weighted by Crippen LogP contribution is -1.90. The van der Waals surface area contributed by atoms with Gasteiger partial charge >= 0.3 is 0 Å². The number of hydrogen-bond donors (Lipinski definition) is 0. The second-order valence-corrected chi connectivity index (χ2v) is 2.84. The van der Waals surface area contributed by atoms with Crippen LogP contribution in [-0.2, 0) is 0 Å². The summed E-state index contributed by atoms with van der Waals surface area (Å²) in [6, 6.07) is 6.02. The highest BCUT2D eigenvalue weighted by Crippen LogP contribution is 2.15. The van der Waals surface area contributed by atoms with Crippen LogP contribution < -0.4 is 0 Å². The van der Waals surface area contributed by atoms with Crippen molar-refractivity contribution in [1.82, 2.24) is 9.55 Å². The average molecular weight is 158 g/mol. The topological polar surface area (TPSA) is 17.8 Å². The molecule has 0 fully saturated rings. The van der Waals surface area contributed by atoms with Crippen LogP contribution in [-0.4, -0.2) is 9.55 Å². The molecule has 0 radical (unpaired) electrons. The maximum Gasteiger partial charge on any atom is 0.144 e. The van der Waals surface area contributed by atoms with Gasteiger partial charge in [-0.2, -0.15) is 0 Å². The molecule has 2 rings (SSSR count). The van der Waals surface area contributed by atoms with E-state index in [-0.39, 0.29) is 0 Å². The Morgan fingerprint density at radius 2 is 2.33 bits per heavy atom. The van der Waals surface area contributed by atoms with Gasteiger partial charge in [-0.25, -0.2) is 4.98 Å².